The van der Waals surface area contributed by atoms with Gasteiger partial charge in [-0.05, 0) is 52.3 Å². The molecule has 0 aliphatic carbocycles. The summed E-state index contributed by atoms with van der Waals surface area (Å²) in [5.74, 6) is 0.939. The van der Waals surface area contributed by atoms with Crippen molar-refractivity contribution in [1.29, 1.82) is 0 Å². The second-order valence-electron chi connectivity index (χ2n) is 6.21. The van der Waals surface area contributed by atoms with Gasteiger partial charge in [-0.25, -0.2) is 0 Å². The highest BCUT2D eigenvalue weighted by molar-refractivity contribution is 5.37. The van der Waals surface area contributed by atoms with Gasteiger partial charge in [0, 0.05) is 11.1 Å². The fraction of sp³-hybridized carbons (Fsp3) is 0.647. The number of likely N-dealkylation sites (tertiary alicyclic amines) is 1. The standard InChI is InChI=1S/C17H28N2O/c1-4-13-20-15-10-6-5-9-14(15)16(18)17(2,3)19-11-7-8-12-19/h5-6,9-10,16H,4,7-8,11-13,18H2,1-3H3. The zero-order valence-electron chi connectivity index (χ0n) is 13.1. The SMILES string of the molecule is CCCOc1ccccc1C(N)C(C)(C)N1CCCC1. The quantitative estimate of drug-likeness (QED) is 0.866. The first-order chi connectivity index (χ1) is 9.57. The van der Waals surface area contributed by atoms with Crippen molar-refractivity contribution in [2.75, 3.05) is 19.7 Å². The molecule has 112 valence electrons. The molecule has 3 nitrogen and oxygen atoms in total. The Bertz CT molecular complexity index is 425. The first-order valence-electron chi connectivity index (χ1n) is 7.79. The molecule has 1 aliphatic rings. The van der Waals surface area contributed by atoms with Crippen LogP contribution in [0.4, 0.5) is 0 Å². The summed E-state index contributed by atoms with van der Waals surface area (Å²) >= 11 is 0. The third kappa shape index (κ3) is 3.15. The smallest absolute Gasteiger partial charge is 0.124 e. The van der Waals surface area contributed by atoms with Crippen molar-refractivity contribution in [3.8, 4) is 5.75 Å². The van der Waals surface area contributed by atoms with Crippen LogP contribution < -0.4 is 10.5 Å². The molecule has 1 unspecified atom stereocenters. The Labute approximate surface area is 123 Å². The Morgan fingerprint density at radius 3 is 2.55 bits per heavy atom. The molecule has 0 radical (unpaired) electrons. The van der Waals surface area contributed by atoms with Gasteiger partial charge in [0.05, 0.1) is 12.6 Å². The number of hydrogen-bond donors (Lipinski definition) is 1. The summed E-state index contributed by atoms with van der Waals surface area (Å²) in [6.45, 7) is 9.67. The number of ether oxygens (including phenoxy) is 1. The van der Waals surface area contributed by atoms with E-state index >= 15 is 0 Å². The average molecular weight is 276 g/mol. The van der Waals surface area contributed by atoms with Gasteiger partial charge in [-0.3, -0.25) is 4.90 Å². The highest BCUT2D eigenvalue weighted by Gasteiger charge is 2.36. The van der Waals surface area contributed by atoms with E-state index in [1.165, 1.54) is 12.8 Å². The van der Waals surface area contributed by atoms with E-state index in [0.29, 0.717) is 0 Å². The Kier molecular flexibility index (Phi) is 5.06. The summed E-state index contributed by atoms with van der Waals surface area (Å²) in [6, 6.07) is 8.17. The number of benzene rings is 1. The van der Waals surface area contributed by atoms with E-state index in [1.807, 2.05) is 18.2 Å². The van der Waals surface area contributed by atoms with Crippen molar-refractivity contribution >= 4 is 0 Å². The van der Waals surface area contributed by atoms with E-state index in [1.54, 1.807) is 0 Å². The van der Waals surface area contributed by atoms with Crippen LogP contribution >= 0.6 is 0 Å². The van der Waals surface area contributed by atoms with Crippen LogP contribution in [-0.2, 0) is 0 Å². The highest BCUT2D eigenvalue weighted by atomic mass is 16.5. The number of para-hydroxylation sites is 1. The van der Waals surface area contributed by atoms with Crippen LogP contribution in [0, 0.1) is 0 Å². The second-order valence-corrected chi connectivity index (χ2v) is 6.21. The largest absolute Gasteiger partial charge is 0.493 e. The third-order valence-corrected chi connectivity index (χ3v) is 4.40. The molecule has 1 heterocycles. The maximum atomic E-state index is 6.60. The van der Waals surface area contributed by atoms with Gasteiger partial charge in [-0.2, -0.15) is 0 Å². The molecule has 1 saturated heterocycles. The lowest BCUT2D eigenvalue weighted by atomic mass is 9.87. The van der Waals surface area contributed by atoms with Gasteiger partial charge < -0.3 is 10.5 Å². The Morgan fingerprint density at radius 1 is 1.25 bits per heavy atom. The molecule has 2 rings (SSSR count). The van der Waals surface area contributed by atoms with Crippen LogP contribution in [0.1, 0.15) is 51.6 Å². The molecule has 0 saturated carbocycles. The third-order valence-electron chi connectivity index (χ3n) is 4.40. The summed E-state index contributed by atoms with van der Waals surface area (Å²) in [5.41, 5.74) is 7.69. The van der Waals surface area contributed by atoms with Crippen molar-refractivity contribution in [1.82, 2.24) is 4.90 Å². The van der Waals surface area contributed by atoms with Crippen molar-refractivity contribution in [3.63, 3.8) is 0 Å². The summed E-state index contributed by atoms with van der Waals surface area (Å²) in [6.07, 6.45) is 3.58. The van der Waals surface area contributed by atoms with E-state index in [0.717, 1.165) is 37.4 Å². The summed E-state index contributed by atoms with van der Waals surface area (Å²) < 4.78 is 5.87. The van der Waals surface area contributed by atoms with Gasteiger partial charge in [-0.1, -0.05) is 25.1 Å². The van der Waals surface area contributed by atoms with Gasteiger partial charge in [0.25, 0.3) is 0 Å². The zero-order chi connectivity index (χ0) is 14.6. The molecular weight excluding hydrogens is 248 g/mol. The monoisotopic (exact) mass is 276 g/mol. The lowest BCUT2D eigenvalue weighted by Crippen LogP contribution is -2.50. The van der Waals surface area contributed by atoms with Gasteiger partial charge in [0.2, 0.25) is 0 Å². The summed E-state index contributed by atoms with van der Waals surface area (Å²) in [4.78, 5) is 2.51. The normalized spacial score (nSPS) is 18.2. The molecule has 0 spiro atoms. The molecule has 0 amide bonds. The first kappa shape index (κ1) is 15.3. The molecule has 1 aliphatic heterocycles. The fourth-order valence-electron chi connectivity index (χ4n) is 2.95. The van der Waals surface area contributed by atoms with Gasteiger partial charge in [0.15, 0.2) is 0 Å². The molecule has 1 aromatic rings. The zero-order valence-corrected chi connectivity index (χ0v) is 13.1. The van der Waals surface area contributed by atoms with Gasteiger partial charge in [0.1, 0.15) is 5.75 Å². The summed E-state index contributed by atoms with van der Waals surface area (Å²) in [7, 11) is 0. The second kappa shape index (κ2) is 6.59. The lowest BCUT2D eigenvalue weighted by molar-refractivity contribution is 0.122. The van der Waals surface area contributed by atoms with Crippen LogP contribution in [0.25, 0.3) is 0 Å². The number of hydrogen-bond acceptors (Lipinski definition) is 3. The number of nitrogens with two attached hydrogens (primary N) is 1. The topological polar surface area (TPSA) is 38.5 Å². The molecule has 20 heavy (non-hydrogen) atoms. The molecule has 1 atom stereocenters. The minimum Gasteiger partial charge on any atom is -0.493 e. The van der Waals surface area contributed by atoms with Gasteiger partial charge in [-0.15, -0.1) is 0 Å². The molecular formula is C17H28N2O. The van der Waals surface area contributed by atoms with Gasteiger partial charge >= 0.3 is 0 Å². The molecule has 2 N–H and O–H groups in total. The molecule has 1 fully saturated rings. The van der Waals surface area contributed by atoms with E-state index in [4.69, 9.17) is 10.5 Å². The Balaban J connectivity index is 2.20. The Morgan fingerprint density at radius 2 is 1.90 bits per heavy atom. The minimum absolute atomic E-state index is 0.0337. The molecule has 3 heteroatoms. The fourth-order valence-corrected chi connectivity index (χ4v) is 2.95. The molecule has 0 aromatic heterocycles. The van der Waals surface area contributed by atoms with Crippen molar-refractivity contribution in [3.05, 3.63) is 29.8 Å². The lowest BCUT2D eigenvalue weighted by Gasteiger charge is -2.41. The maximum absolute atomic E-state index is 6.60. The average Bonchev–Trinajstić information content (AvgIpc) is 2.99. The number of rotatable bonds is 6. The predicted octanol–water partition coefficient (Wildman–Crippen LogP) is 3.35. The highest BCUT2D eigenvalue weighted by Crippen LogP contribution is 2.35. The van der Waals surface area contributed by atoms with Crippen LogP contribution in [0.2, 0.25) is 0 Å². The molecule has 0 bridgehead atoms. The van der Waals surface area contributed by atoms with Crippen molar-refractivity contribution in [2.24, 2.45) is 5.73 Å². The first-order valence-corrected chi connectivity index (χ1v) is 7.79. The predicted molar refractivity (Wildman–Crippen MR) is 84.0 cm³/mol. The van der Waals surface area contributed by atoms with Crippen LogP contribution in [0.5, 0.6) is 5.75 Å². The van der Waals surface area contributed by atoms with E-state index in [-0.39, 0.29) is 11.6 Å². The number of nitrogens with zero attached hydrogens (tertiary/aromatic N) is 1. The van der Waals surface area contributed by atoms with Crippen molar-refractivity contribution < 1.29 is 4.74 Å². The minimum atomic E-state index is -0.0395. The van der Waals surface area contributed by atoms with Crippen molar-refractivity contribution in [2.45, 2.75) is 51.6 Å². The molecule has 1 aromatic carbocycles. The van der Waals surface area contributed by atoms with E-state index < -0.39 is 0 Å². The Hall–Kier alpha value is -1.06. The van der Waals surface area contributed by atoms with E-state index in [9.17, 15) is 0 Å². The van der Waals surface area contributed by atoms with Crippen LogP contribution in [0.15, 0.2) is 24.3 Å². The van der Waals surface area contributed by atoms with Crippen LogP contribution in [-0.4, -0.2) is 30.1 Å². The summed E-state index contributed by atoms with van der Waals surface area (Å²) in [5, 5.41) is 0. The maximum Gasteiger partial charge on any atom is 0.124 e. The van der Waals surface area contributed by atoms with Crippen LogP contribution in [0.3, 0.4) is 0 Å². The van der Waals surface area contributed by atoms with E-state index in [2.05, 4.69) is 31.7 Å².